The second-order valence-corrected chi connectivity index (χ2v) is 8.10. The Bertz CT molecular complexity index is 948. The van der Waals surface area contributed by atoms with Crippen molar-refractivity contribution in [2.75, 3.05) is 11.9 Å². The predicted molar refractivity (Wildman–Crippen MR) is 107 cm³/mol. The van der Waals surface area contributed by atoms with Gasteiger partial charge in [0.1, 0.15) is 0 Å². The van der Waals surface area contributed by atoms with Crippen LogP contribution in [0.2, 0.25) is 0 Å². The summed E-state index contributed by atoms with van der Waals surface area (Å²) in [5, 5.41) is 2.77. The van der Waals surface area contributed by atoms with E-state index in [1.54, 1.807) is 6.92 Å². The maximum Gasteiger partial charge on any atom is 0.338 e. The molecule has 1 amide bonds. The number of hydrogen-bond donors (Lipinski definition) is 2. The van der Waals surface area contributed by atoms with Crippen LogP contribution in [0.25, 0.3) is 0 Å². The van der Waals surface area contributed by atoms with E-state index in [-0.39, 0.29) is 17.0 Å². The van der Waals surface area contributed by atoms with E-state index in [2.05, 4.69) is 10.0 Å². The first-order chi connectivity index (χ1) is 13.2. The fourth-order valence-corrected chi connectivity index (χ4v) is 3.60. The summed E-state index contributed by atoms with van der Waals surface area (Å²) in [6, 6.07) is 11.0. The van der Waals surface area contributed by atoms with Crippen molar-refractivity contribution in [2.45, 2.75) is 38.7 Å². The lowest BCUT2D eigenvalue weighted by Crippen LogP contribution is -2.30. The first kappa shape index (κ1) is 21.6. The first-order valence-electron chi connectivity index (χ1n) is 8.83. The van der Waals surface area contributed by atoms with Gasteiger partial charge in [-0.3, -0.25) is 4.79 Å². The molecule has 0 unspecified atom stereocenters. The number of benzene rings is 2. The highest BCUT2D eigenvalue weighted by Crippen LogP contribution is 2.20. The molecule has 0 saturated carbocycles. The van der Waals surface area contributed by atoms with Crippen molar-refractivity contribution >= 4 is 27.6 Å². The lowest BCUT2D eigenvalue weighted by molar-refractivity contribution is -0.123. The molecule has 0 spiro atoms. The lowest BCUT2D eigenvalue weighted by atomic mass is 10.1. The molecule has 0 aliphatic heterocycles. The molecule has 2 N–H and O–H groups in total. The number of aryl methyl sites for hydroxylation is 2. The molecule has 0 heterocycles. The van der Waals surface area contributed by atoms with Crippen molar-refractivity contribution in [3.63, 3.8) is 0 Å². The van der Waals surface area contributed by atoms with Crippen molar-refractivity contribution in [2.24, 2.45) is 0 Å². The highest BCUT2D eigenvalue weighted by Gasteiger charge is 2.21. The van der Waals surface area contributed by atoms with Gasteiger partial charge in [0.2, 0.25) is 10.0 Å². The van der Waals surface area contributed by atoms with Gasteiger partial charge in [-0.05, 0) is 56.2 Å². The van der Waals surface area contributed by atoms with Crippen LogP contribution < -0.4 is 10.0 Å². The number of para-hydroxylation sites is 1. The van der Waals surface area contributed by atoms with Gasteiger partial charge in [0.15, 0.2) is 6.10 Å². The minimum absolute atomic E-state index is 0.0479. The molecule has 1 atom stereocenters. The second-order valence-electron chi connectivity index (χ2n) is 6.33. The third-order valence-electron chi connectivity index (χ3n) is 4.12. The number of carbonyl (C=O) groups excluding carboxylic acids is 2. The Labute approximate surface area is 165 Å². The van der Waals surface area contributed by atoms with Gasteiger partial charge in [0, 0.05) is 12.2 Å². The van der Waals surface area contributed by atoms with Crippen LogP contribution in [0, 0.1) is 13.8 Å². The zero-order valence-corrected chi connectivity index (χ0v) is 17.1. The van der Waals surface area contributed by atoms with Crippen molar-refractivity contribution in [3.8, 4) is 0 Å². The van der Waals surface area contributed by atoms with E-state index in [0.29, 0.717) is 5.69 Å². The number of rotatable bonds is 7. The highest BCUT2D eigenvalue weighted by molar-refractivity contribution is 7.89. The van der Waals surface area contributed by atoms with Gasteiger partial charge in [-0.2, -0.15) is 0 Å². The molecule has 28 heavy (non-hydrogen) atoms. The molecule has 0 bridgehead atoms. The summed E-state index contributed by atoms with van der Waals surface area (Å²) in [6.45, 7) is 7.17. The van der Waals surface area contributed by atoms with E-state index in [1.807, 2.05) is 32.0 Å². The van der Waals surface area contributed by atoms with Crippen LogP contribution in [0.5, 0.6) is 0 Å². The number of anilines is 1. The summed E-state index contributed by atoms with van der Waals surface area (Å²) in [5.41, 5.74) is 2.66. The molecular formula is C20H24N2O5S. The highest BCUT2D eigenvalue weighted by atomic mass is 32.2. The van der Waals surface area contributed by atoms with Gasteiger partial charge in [-0.25, -0.2) is 17.9 Å². The number of ether oxygens (including phenoxy) is 1. The van der Waals surface area contributed by atoms with Crippen LogP contribution in [-0.2, 0) is 19.6 Å². The molecule has 2 aromatic carbocycles. The molecule has 150 valence electrons. The van der Waals surface area contributed by atoms with Crippen LogP contribution in [0.15, 0.2) is 47.4 Å². The summed E-state index contributed by atoms with van der Waals surface area (Å²) < 4.78 is 31.4. The summed E-state index contributed by atoms with van der Waals surface area (Å²) in [4.78, 5) is 24.7. The van der Waals surface area contributed by atoms with E-state index in [9.17, 15) is 18.0 Å². The minimum Gasteiger partial charge on any atom is -0.449 e. The van der Waals surface area contributed by atoms with Crippen molar-refractivity contribution in [1.29, 1.82) is 0 Å². The van der Waals surface area contributed by atoms with Crippen LogP contribution in [0.3, 0.4) is 0 Å². The molecule has 7 nitrogen and oxygen atoms in total. The van der Waals surface area contributed by atoms with E-state index >= 15 is 0 Å². The largest absolute Gasteiger partial charge is 0.449 e. The number of esters is 1. The fraction of sp³-hybridized carbons (Fsp3) is 0.300. The number of carbonyl (C=O) groups is 2. The lowest BCUT2D eigenvalue weighted by Gasteiger charge is -2.16. The van der Waals surface area contributed by atoms with Crippen molar-refractivity contribution < 1.29 is 22.7 Å². The molecule has 0 radical (unpaired) electrons. The topological polar surface area (TPSA) is 102 Å². The molecule has 2 aromatic rings. The predicted octanol–water partition coefficient (Wildman–Crippen LogP) is 2.79. The Kier molecular flexibility index (Phi) is 6.93. The number of amides is 1. The SMILES string of the molecule is CCNS(=O)(=O)c1ccc(C(=O)O[C@@H](C)C(=O)Nc2c(C)cccc2C)cc1. The molecule has 8 heteroatoms. The molecule has 0 aliphatic rings. The van der Waals surface area contributed by atoms with Crippen molar-refractivity contribution in [3.05, 3.63) is 59.2 Å². The van der Waals surface area contributed by atoms with Gasteiger partial charge in [0.05, 0.1) is 10.5 Å². The Morgan fingerprint density at radius 2 is 1.61 bits per heavy atom. The molecule has 2 rings (SSSR count). The van der Waals surface area contributed by atoms with Crippen molar-refractivity contribution in [1.82, 2.24) is 4.72 Å². The van der Waals surface area contributed by atoms with Crippen LogP contribution >= 0.6 is 0 Å². The zero-order valence-electron chi connectivity index (χ0n) is 16.3. The Balaban J connectivity index is 2.04. The monoisotopic (exact) mass is 404 g/mol. The molecule has 0 aromatic heterocycles. The first-order valence-corrected chi connectivity index (χ1v) is 10.3. The quantitative estimate of drug-likeness (QED) is 0.691. The van der Waals surface area contributed by atoms with E-state index in [0.717, 1.165) is 11.1 Å². The zero-order chi connectivity index (χ0) is 20.9. The molecule has 0 fully saturated rings. The number of sulfonamides is 1. The second kappa shape index (κ2) is 8.99. The number of nitrogens with one attached hydrogen (secondary N) is 2. The minimum atomic E-state index is -3.60. The third kappa shape index (κ3) is 5.17. The summed E-state index contributed by atoms with van der Waals surface area (Å²) in [7, 11) is -3.60. The molecular weight excluding hydrogens is 380 g/mol. The van der Waals surface area contributed by atoms with E-state index < -0.39 is 28.0 Å². The Hall–Kier alpha value is -2.71. The van der Waals surface area contributed by atoms with E-state index in [4.69, 9.17) is 4.74 Å². The van der Waals surface area contributed by atoms with Gasteiger partial charge in [-0.15, -0.1) is 0 Å². The standard InChI is InChI=1S/C20H24N2O5S/c1-5-21-28(25,26)17-11-9-16(10-12-17)20(24)27-15(4)19(23)22-18-13(2)7-6-8-14(18)3/h6-12,15,21H,5H2,1-4H3,(H,22,23)/t15-/m0/s1. The van der Waals surface area contributed by atoms with Crippen LogP contribution in [0.4, 0.5) is 5.69 Å². The van der Waals surface area contributed by atoms with Gasteiger partial charge < -0.3 is 10.1 Å². The average molecular weight is 404 g/mol. The average Bonchev–Trinajstić information content (AvgIpc) is 2.64. The maximum absolute atomic E-state index is 12.4. The normalized spacial score (nSPS) is 12.3. The Morgan fingerprint density at radius 1 is 1.04 bits per heavy atom. The van der Waals surface area contributed by atoms with Crippen LogP contribution in [-0.4, -0.2) is 32.9 Å². The van der Waals surface area contributed by atoms with Crippen LogP contribution in [0.1, 0.15) is 35.3 Å². The smallest absolute Gasteiger partial charge is 0.338 e. The van der Waals surface area contributed by atoms with Gasteiger partial charge in [-0.1, -0.05) is 25.1 Å². The molecule has 0 aliphatic carbocycles. The van der Waals surface area contributed by atoms with E-state index in [1.165, 1.54) is 31.2 Å². The van der Waals surface area contributed by atoms with Gasteiger partial charge in [0.25, 0.3) is 5.91 Å². The maximum atomic E-state index is 12.4. The summed E-state index contributed by atoms with van der Waals surface area (Å²) >= 11 is 0. The molecule has 0 saturated heterocycles. The number of hydrogen-bond acceptors (Lipinski definition) is 5. The summed E-state index contributed by atoms with van der Waals surface area (Å²) in [5.74, 6) is -1.16. The van der Waals surface area contributed by atoms with Gasteiger partial charge >= 0.3 is 5.97 Å². The Morgan fingerprint density at radius 3 is 2.14 bits per heavy atom. The third-order valence-corrected chi connectivity index (χ3v) is 5.68. The summed E-state index contributed by atoms with van der Waals surface area (Å²) in [6.07, 6.45) is -1.02. The fourth-order valence-electron chi connectivity index (χ4n) is 2.56.